The van der Waals surface area contributed by atoms with Gasteiger partial charge in [0.25, 0.3) is 0 Å². The van der Waals surface area contributed by atoms with Crippen molar-refractivity contribution in [3.05, 3.63) is 58.8 Å². The third-order valence-electron chi connectivity index (χ3n) is 2.78. The van der Waals surface area contributed by atoms with Crippen LogP contribution in [0.5, 0.6) is 0 Å². The van der Waals surface area contributed by atoms with Gasteiger partial charge in [-0.2, -0.15) is 0 Å². The molecule has 2 aromatic heterocycles. The minimum absolute atomic E-state index is 0.162. The molecule has 0 radical (unpaired) electrons. The van der Waals surface area contributed by atoms with Crippen molar-refractivity contribution in [3.8, 4) is 10.8 Å². The SMILES string of the molecule is O=S(=O)(Cc1csc(-c2ccco2)n1)c1cccc(Cl)c1. The van der Waals surface area contributed by atoms with Crippen molar-refractivity contribution in [3.63, 3.8) is 0 Å². The van der Waals surface area contributed by atoms with Gasteiger partial charge in [0.15, 0.2) is 20.6 Å². The molecule has 0 aliphatic carbocycles. The Bertz CT molecular complexity index is 854. The van der Waals surface area contributed by atoms with Crippen LogP contribution in [0.1, 0.15) is 5.69 Å². The number of rotatable bonds is 4. The lowest BCUT2D eigenvalue weighted by atomic mass is 10.4. The van der Waals surface area contributed by atoms with Gasteiger partial charge >= 0.3 is 0 Å². The minimum atomic E-state index is -3.46. The fourth-order valence-corrected chi connectivity index (χ4v) is 4.27. The van der Waals surface area contributed by atoms with Gasteiger partial charge in [-0.25, -0.2) is 13.4 Å². The lowest BCUT2D eigenvalue weighted by Gasteiger charge is -2.02. The van der Waals surface area contributed by atoms with Gasteiger partial charge in [-0.15, -0.1) is 11.3 Å². The molecule has 0 N–H and O–H groups in total. The smallest absolute Gasteiger partial charge is 0.184 e. The zero-order chi connectivity index (χ0) is 14.9. The standard InChI is InChI=1S/C14H10ClNO3S2/c15-10-3-1-4-12(7-10)21(17,18)9-11-8-20-14(16-11)13-5-2-6-19-13/h1-8H,9H2. The molecule has 108 valence electrons. The third kappa shape index (κ3) is 3.18. The van der Waals surface area contributed by atoms with Crippen molar-refractivity contribution in [2.75, 3.05) is 0 Å². The molecule has 1 aromatic carbocycles. The molecule has 0 aliphatic heterocycles. The number of aromatic nitrogens is 1. The van der Waals surface area contributed by atoms with Gasteiger partial charge in [0.2, 0.25) is 0 Å². The molecule has 21 heavy (non-hydrogen) atoms. The number of thiazole rings is 1. The normalized spacial score (nSPS) is 11.7. The van der Waals surface area contributed by atoms with E-state index in [1.165, 1.54) is 23.5 Å². The van der Waals surface area contributed by atoms with Gasteiger partial charge in [-0.3, -0.25) is 0 Å². The number of sulfone groups is 1. The molecule has 3 aromatic rings. The van der Waals surface area contributed by atoms with Crippen LogP contribution >= 0.6 is 22.9 Å². The predicted molar refractivity (Wildman–Crippen MR) is 82.2 cm³/mol. The van der Waals surface area contributed by atoms with E-state index in [0.717, 1.165) is 0 Å². The van der Waals surface area contributed by atoms with Crippen LogP contribution in [0.3, 0.4) is 0 Å². The molecule has 0 saturated heterocycles. The number of benzene rings is 1. The molecule has 4 nitrogen and oxygen atoms in total. The van der Waals surface area contributed by atoms with Crippen molar-refractivity contribution < 1.29 is 12.8 Å². The molecular weight excluding hydrogens is 330 g/mol. The molecule has 0 bridgehead atoms. The maximum Gasteiger partial charge on any atom is 0.184 e. The highest BCUT2D eigenvalue weighted by atomic mass is 35.5. The Morgan fingerprint density at radius 2 is 2.10 bits per heavy atom. The van der Waals surface area contributed by atoms with E-state index in [-0.39, 0.29) is 10.6 Å². The first-order chi connectivity index (χ1) is 10.0. The van der Waals surface area contributed by atoms with Crippen LogP contribution in [0.2, 0.25) is 5.02 Å². The number of halogens is 1. The van der Waals surface area contributed by atoms with E-state index >= 15 is 0 Å². The Morgan fingerprint density at radius 1 is 1.24 bits per heavy atom. The van der Waals surface area contributed by atoms with E-state index in [2.05, 4.69) is 4.98 Å². The number of hydrogen-bond donors (Lipinski definition) is 0. The molecule has 0 spiro atoms. The summed E-state index contributed by atoms with van der Waals surface area (Å²) >= 11 is 7.19. The second-order valence-corrected chi connectivity index (χ2v) is 7.62. The highest BCUT2D eigenvalue weighted by molar-refractivity contribution is 7.90. The lowest BCUT2D eigenvalue weighted by Crippen LogP contribution is -2.05. The van der Waals surface area contributed by atoms with Crippen LogP contribution in [-0.2, 0) is 15.6 Å². The van der Waals surface area contributed by atoms with Crippen LogP contribution in [0.25, 0.3) is 10.8 Å². The van der Waals surface area contributed by atoms with Crippen LogP contribution in [0.4, 0.5) is 0 Å². The Morgan fingerprint density at radius 3 is 2.81 bits per heavy atom. The fourth-order valence-electron chi connectivity index (χ4n) is 1.83. The zero-order valence-electron chi connectivity index (χ0n) is 10.7. The van der Waals surface area contributed by atoms with Crippen molar-refractivity contribution in [1.82, 2.24) is 4.98 Å². The number of furan rings is 1. The van der Waals surface area contributed by atoms with Crippen molar-refractivity contribution in [2.45, 2.75) is 10.6 Å². The molecule has 0 amide bonds. The number of nitrogens with zero attached hydrogens (tertiary/aromatic N) is 1. The summed E-state index contributed by atoms with van der Waals surface area (Å²) in [5.74, 6) is 0.469. The van der Waals surface area contributed by atoms with Crippen LogP contribution < -0.4 is 0 Å². The molecule has 0 unspecified atom stereocenters. The van der Waals surface area contributed by atoms with E-state index in [1.54, 1.807) is 35.9 Å². The van der Waals surface area contributed by atoms with E-state index in [0.29, 0.717) is 21.5 Å². The average Bonchev–Trinajstić information content (AvgIpc) is 3.08. The highest BCUT2D eigenvalue weighted by Crippen LogP contribution is 2.26. The van der Waals surface area contributed by atoms with Crippen LogP contribution in [-0.4, -0.2) is 13.4 Å². The van der Waals surface area contributed by atoms with Gasteiger partial charge in [0.1, 0.15) is 0 Å². The van der Waals surface area contributed by atoms with Crippen molar-refractivity contribution in [1.29, 1.82) is 0 Å². The summed E-state index contributed by atoms with van der Waals surface area (Å²) in [6.07, 6.45) is 1.55. The maximum absolute atomic E-state index is 12.3. The minimum Gasteiger partial charge on any atom is -0.462 e. The summed E-state index contributed by atoms with van der Waals surface area (Å²) in [5, 5.41) is 2.78. The van der Waals surface area contributed by atoms with Gasteiger partial charge in [-0.05, 0) is 30.3 Å². The monoisotopic (exact) mass is 339 g/mol. The van der Waals surface area contributed by atoms with Crippen molar-refractivity contribution in [2.24, 2.45) is 0 Å². The first-order valence-electron chi connectivity index (χ1n) is 6.01. The van der Waals surface area contributed by atoms with E-state index in [9.17, 15) is 8.42 Å². The Hall–Kier alpha value is -1.63. The topological polar surface area (TPSA) is 60.2 Å². The average molecular weight is 340 g/mol. The molecule has 0 fully saturated rings. The molecule has 3 rings (SSSR count). The summed E-state index contributed by atoms with van der Waals surface area (Å²) in [5.41, 5.74) is 0.492. The Balaban J connectivity index is 1.86. The highest BCUT2D eigenvalue weighted by Gasteiger charge is 2.18. The second kappa shape index (κ2) is 5.63. The quantitative estimate of drug-likeness (QED) is 0.720. The fraction of sp³-hybridized carbons (Fsp3) is 0.0714. The summed E-state index contributed by atoms with van der Waals surface area (Å²) in [7, 11) is -3.46. The van der Waals surface area contributed by atoms with Crippen LogP contribution in [0, 0.1) is 0 Å². The summed E-state index contributed by atoms with van der Waals surface area (Å²) in [6.45, 7) is 0. The molecular formula is C14H10ClNO3S2. The largest absolute Gasteiger partial charge is 0.462 e. The van der Waals surface area contributed by atoms with Gasteiger partial charge in [-0.1, -0.05) is 17.7 Å². The predicted octanol–water partition coefficient (Wildman–Crippen LogP) is 4.03. The summed E-state index contributed by atoms with van der Waals surface area (Å²) < 4.78 is 29.9. The first kappa shape index (κ1) is 14.3. The molecule has 7 heteroatoms. The van der Waals surface area contributed by atoms with Crippen molar-refractivity contribution >= 4 is 32.8 Å². The van der Waals surface area contributed by atoms with Crippen LogP contribution in [0.15, 0.2) is 57.4 Å². The Labute approximate surface area is 130 Å². The summed E-state index contributed by atoms with van der Waals surface area (Å²) in [4.78, 5) is 4.50. The number of hydrogen-bond acceptors (Lipinski definition) is 5. The maximum atomic E-state index is 12.3. The lowest BCUT2D eigenvalue weighted by molar-refractivity contribution is 0.581. The molecule has 0 atom stereocenters. The van der Waals surface area contributed by atoms with E-state index < -0.39 is 9.84 Å². The first-order valence-corrected chi connectivity index (χ1v) is 8.92. The van der Waals surface area contributed by atoms with E-state index in [1.807, 2.05) is 0 Å². The van der Waals surface area contributed by atoms with Gasteiger partial charge < -0.3 is 4.42 Å². The molecule has 2 heterocycles. The summed E-state index contributed by atoms with van der Waals surface area (Å²) in [6, 6.07) is 9.77. The van der Waals surface area contributed by atoms with Gasteiger partial charge in [0, 0.05) is 10.4 Å². The molecule has 0 saturated carbocycles. The Kier molecular flexibility index (Phi) is 3.84. The van der Waals surface area contributed by atoms with Gasteiger partial charge in [0.05, 0.1) is 22.6 Å². The molecule has 0 aliphatic rings. The van der Waals surface area contributed by atoms with E-state index in [4.69, 9.17) is 16.0 Å². The zero-order valence-corrected chi connectivity index (χ0v) is 13.1. The second-order valence-electron chi connectivity index (χ2n) is 4.34. The third-order valence-corrected chi connectivity index (χ3v) is 5.57.